The summed E-state index contributed by atoms with van der Waals surface area (Å²) in [4.78, 5) is 0. The Morgan fingerprint density at radius 1 is 0.750 bits per heavy atom. The number of hydrogen-bond donors (Lipinski definition) is 2. The zero-order valence-corrected chi connectivity index (χ0v) is 12.0. The molecule has 0 amide bonds. The average molecular weight is 274 g/mol. The molecule has 4 nitrogen and oxygen atoms in total. The Morgan fingerprint density at radius 3 is 1.45 bits per heavy atom. The first-order chi connectivity index (χ1) is 9.65. The van der Waals surface area contributed by atoms with Gasteiger partial charge in [0.25, 0.3) is 0 Å². The molecule has 0 spiro atoms. The van der Waals surface area contributed by atoms with Gasteiger partial charge in [-0.1, -0.05) is 12.1 Å². The number of ether oxygens (including phenoxy) is 2. The highest BCUT2D eigenvalue weighted by Gasteiger charge is 1.90. The molecule has 0 aliphatic heterocycles. The molecular weight excluding hydrogens is 252 g/mol. The predicted molar refractivity (Wildman–Crippen MR) is 84.0 cm³/mol. The minimum atomic E-state index is 0.684. The molecule has 2 aromatic carbocycles. The molecular formula is C16H22N2O2. The largest absolute Gasteiger partial charge is 0.494 e. The molecule has 108 valence electrons. The standard InChI is InChI=1S/2C8H11NO/c2*1-2-10-8-5-3-4-7(9)6-8/h2*3-6H,2,9H2,1H3. The first-order valence-corrected chi connectivity index (χ1v) is 6.62. The fourth-order valence-corrected chi connectivity index (χ4v) is 1.54. The lowest BCUT2D eigenvalue weighted by Crippen LogP contribution is -1.92. The number of nitrogen functional groups attached to an aromatic ring is 2. The monoisotopic (exact) mass is 274 g/mol. The minimum absolute atomic E-state index is 0.684. The molecule has 0 fully saturated rings. The summed E-state index contributed by atoms with van der Waals surface area (Å²) < 4.78 is 10.4. The van der Waals surface area contributed by atoms with Crippen molar-refractivity contribution in [3.8, 4) is 11.5 Å². The van der Waals surface area contributed by atoms with Crippen molar-refractivity contribution in [1.82, 2.24) is 0 Å². The molecule has 0 saturated heterocycles. The maximum Gasteiger partial charge on any atom is 0.121 e. The molecule has 0 radical (unpaired) electrons. The van der Waals surface area contributed by atoms with Gasteiger partial charge in [0.05, 0.1) is 13.2 Å². The summed E-state index contributed by atoms with van der Waals surface area (Å²) in [5, 5.41) is 0. The summed E-state index contributed by atoms with van der Waals surface area (Å²) in [5.74, 6) is 1.67. The van der Waals surface area contributed by atoms with E-state index in [2.05, 4.69) is 0 Å². The first kappa shape index (κ1) is 15.7. The molecule has 2 aromatic rings. The molecule has 2 rings (SSSR count). The van der Waals surface area contributed by atoms with Crippen LogP contribution in [-0.4, -0.2) is 13.2 Å². The Hall–Kier alpha value is -2.36. The van der Waals surface area contributed by atoms with Crippen molar-refractivity contribution in [2.45, 2.75) is 13.8 Å². The number of benzene rings is 2. The van der Waals surface area contributed by atoms with Crippen LogP contribution in [0.3, 0.4) is 0 Å². The zero-order chi connectivity index (χ0) is 14.8. The fraction of sp³-hybridized carbons (Fsp3) is 0.250. The van der Waals surface area contributed by atoms with Gasteiger partial charge in [0.15, 0.2) is 0 Å². The van der Waals surface area contributed by atoms with Crippen LogP contribution in [0.5, 0.6) is 11.5 Å². The summed E-state index contributed by atoms with van der Waals surface area (Å²) in [6, 6.07) is 14.8. The van der Waals surface area contributed by atoms with Crippen molar-refractivity contribution in [1.29, 1.82) is 0 Å². The molecule has 0 bridgehead atoms. The van der Waals surface area contributed by atoms with Crippen molar-refractivity contribution in [2.75, 3.05) is 24.7 Å². The van der Waals surface area contributed by atoms with Crippen molar-refractivity contribution in [3.05, 3.63) is 48.5 Å². The van der Waals surface area contributed by atoms with Crippen molar-refractivity contribution >= 4 is 11.4 Å². The smallest absolute Gasteiger partial charge is 0.121 e. The summed E-state index contributed by atoms with van der Waals surface area (Å²) in [6.07, 6.45) is 0. The summed E-state index contributed by atoms with van der Waals surface area (Å²) in [5.41, 5.74) is 12.5. The molecule has 0 aromatic heterocycles. The van der Waals surface area contributed by atoms with Crippen molar-refractivity contribution in [3.63, 3.8) is 0 Å². The normalized spacial score (nSPS) is 9.30. The van der Waals surface area contributed by atoms with Crippen LogP contribution in [0.4, 0.5) is 11.4 Å². The molecule has 0 aliphatic carbocycles. The summed E-state index contributed by atoms with van der Waals surface area (Å²) >= 11 is 0. The molecule has 0 aliphatic rings. The first-order valence-electron chi connectivity index (χ1n) is 6.62. The second-order valence-electron chi connectivity index (χ2n) is 4.01. The number of nitrogens with two attached hydrogens (primary N) is 2. The second kappa shape index (κ2) is 8.69. The molecule has 20 heavy (non-hydrogen) atoms. The van der Waals surface area contributed by atoms with Crippen molar-refractivity contribution < 1.29 is 9.47 Å². The lowest BCUT2D eigenvalue weighted by molar-refractivity contribution is 0.340. The Kier molecular flexibility index (Phi) is 6.82. The van der Waals surface area contributed by atoms with Gasteiger partial charge in [0.1, 0.15) is 11.5 Å². The van der Waals surface area contributed by atoms with Gasteiger partial charge in [0.2, 0.25) is 0 Å². The second-order valence-corrected chi connectivity index (χ2v) is 4.01. The number of hydrogen-bond acceptors (Lipinski definition) is 4. The Morgan fingerprint density at radius 2 is 1.15 bits per heavy atom. The number of anilines is 2. The van der Waals surface area contributed by atoms with Gasteiger partial charge in [-0.3, -0.25) is 0 Å². The van der Waals surface area contributed by atoms with E-state index >= 15 is 0 Å². The van der Waals surface area contributed by atoms with Crippen LogP contribution >= 0.6 is 0 Å². The lowest BCUT2D eigenvalue weighted by atomic mass is 10.3. The van der Waals surface area contributed by atoms with Gasteiger partial charge >= 0.3 is 0 Å². The maximum absolute atomic E-state index is 5.51. The SMILES string of the molecule is CCOc1cccc(N)c1.CCOc1cccc(N)c1. The van der Waals surface area contributed by atoms with Crippen LogP contribution in [0.2, 0.25) is 0 Å². The van der Waals surface area contributed by atoms with Crippen LogP contribution < -0.4 is 20.9 Å². The predicted octanol–water partition coefficient (Wildman–Crippen LogP) is 3.34. The third-order valence-electron chi connectivity index (χ3n) is 2.34. The summed E-state index contributed by atoms with van der Waals surface area (Å²) in [7, 11) is 0. The van der Waals surface area contributed by atoms with Crippen LogP contribution in [0.1, 0.15) is 13.8 Å². The van der Waals surface area contributed by atoms with E-state index in [0.717, 1.165) is 22.9 Å². The molecule has 4 heteroatoms. The van der Waals surface area contributed by atoms with Gasteiger partial charge in [-0.15, -0.1) is 0 Å². The van der Waals surface area contributed by atoms with E-state index in [-0.39, 0.29) is 0 Å². The fourth-order valence-electron chi connectivity index (χ4n) is 1.54. The molecule has 4 N–H and O–H groups in total. The maximum atomic E-state index is 5.51. The molecule has 0 saturated carbocycles. The zero-order valence-electron chi connectivity index (χ0n) is 12.0. The average Bonchev–Trinajstić information content (AvgIpc) is 2.40. The quantitative estimate of drug-likeness (QED) is 0.839. The van der Waals surface area contributed by atoms with E-state index in [1.165, 1.54) is 0 Å². The Bertz CT molecular complexity index is 468. The molecule has 0 atom stereocenters. The van der Waals surface area contributed by atoms with Crippen LogP contribution in [-0.2, 0) is 0 Å². The third-order valence-corrected chi connectivity index (χ3v) is 2.34. The van der Waals surface area contributed by atoms with Crippen LogP contribution in [0.15, 0.2) is 48.5 Å². The van der Waals surface area contributed by atoms with Gasteiger partial charge in [-0.05, 0) is 38.1 Å². The lowest BCUT2D eigenvalue weighted by Gasteiger charge is -2.01. The minimum Gasteiger partial charge on any atom is -0.494 e. The summed E-state index contributed by atoms with van der Waals surface area (Å²) in [6.45, 7) is 5.26. The Labute approximate surface area is 120 Å². The highest BCUT2D eigenvalue weighted by molar-refractivity contribution is 5.44. The van der Waals surface area contributed by atoms with Gasteiger partial charge < -0.3 is 20.9 Å². The van der Waals surface area contributed by atoms with E-state index < -0.39 is 0 Å². The highest BCUT2D eigenvalue weighted by Crippen LogP contribution is 2.14. The number of rotatable bonds is 4. The van der Waals surface area contributed by atoms with E-state index in [0.29, 0.717) is 13.2 Å². The van der Waals surface area contributed by atoms with Gasteiger partial charge in [0, 0.05) is 23.5 Å². The molecule has 0 heterocycles. The Balaban J connectivity index is 0.000000200. The van der Waals surface area contributed by atoms with Crippen LogP contribution in [0, 0.1) is 0 Å². The van der Waals surface area contributed by atoms with Crippen LogP contribution in [0.25, 0.3) is 0 Å². The highest BCUT2D eigenvalue weighted by atomic mass is 16.5. The van der Waals surface area contributed by atoms with E-state index in [1.54, 1.807) is 0 Å². The van der Waals surface area contributed by atoms with Gasteiger partial charge in [-0.25, -0.2) is 0 Å². The van der Waals surface area contributed by atoms with E-state index in [1.807, 2.05) is 62.4 Å². The van der Waals surface area contributed by atoms with E-state index in [9.17, 15) is 0 Å². The van der Waals surface area contributed by atoms with Gasteiger partial charge in [-0.2, -0.15) is 0 Å². The molecule has 0 unspecified atom stereocenters. The van der Waals surface area contributed by atoms with Crippen molar-refractivity contribution in [2.24, 2.45) is 0 Å². The van der Waals surface area contributed by atoms with E-state index in [4.69, 9.17) is 20.9 Å². The topological polar surface area (TPSA) is 70.5 Å². The third kappa shape index (κ3) is 6.00.